The van der Waals surface area contributed by atoms with Crippen molar-refractivity contribution in [1.29, 1.82) is 0 Å². The molecule has 1 aromatic rings. The number of nitrogens with zero attached hydrogens (tertiary/aromatic N) is 1. The lowest BCUT2D eigenvalue weighted by Crippen LogP contribution is -2.26. The Hall–Kier alpha value is -1.78. The van der Waals surface area contributed by atoms with E-state index in [9.17, 15) is 4.79 Å². The Labute approximate surface area is 93.1 Å². The molecule has 1 aliphatic heterocycles. The maximum Gasteiger partial charge on any atom is 0.335 e. The van der Waals surface area contributed by atoms with Crippen molar-refractivity contribution in [1.82, 2.24) is 0 Å². The predicted molar refractivity (Wildman–Crippen MR) is 56.2 cm³/mol. The van der Waals surface area contributed by atoms with Crippen LogP contribution in [0.4, 0.5) is 0 Å². The molecule has 0 saturated carbocycles. The molecule has 0 spiro atoms. The van der Waals surface area contributed by atoms with E-state index in [1.807, 2.05) is 13.0 Å². The number of aryl methyl sites for hydroxylation is 1. The minimum absolute atomic E-state index is 0.328. The second-order valence-electron chi connectivity index (χ2n) is 3.46. The molecule has 2 heterocycles. The molecule has 0 amide bonds. The van der Waals surface area contributed by atoms with Gasteiger partial charge in [0.05, 0.1) is 6.61 Å². The first-order valence-electron chi connectivity index (χ1n) is 5.12. The summed E-state index contributed by atoms with van der Waals surface area (Å²) in [5.74, 6) is 0.969. The van der Waals surface area contributed by atoms with E-state index in [0.29, 0.717) is 12.4 Å². The number of carbonyl (C=O) groups is 1. The molecular weight excluding hydrogens is 210 g/mol. The van der Waals surface area contributed by atoms with Gasteiger partial charge in [0, 0.05) is 0 Å². The topological polar surface area (TPSA) is 61.0 Å². The van der Waals surface area contributed by atoms with E-state index in [1.54, 1.807) is 13.0 Å². The van der Waals surface area contributed by atoms with E-state index in [4.69, 9.17) is 13.9 Å². The third kappa shape index (κ3) is 1.93. The van der Waals surface area contributed by atoms with Crippen LogP contribution in [0, 0.1) is 6.92 Å². The Morgan fingerprint density at radius 1 is 1.56 bits per heavy atom. The van der Waals surface area contributed by atoms with Crippen molar-refractivity contribution in [3.63, 3.8) is 0 Å². The van der Waals surface area contributed by atoms with Crippen LogP contribution < -0.4 is 0 Å². The van der Waals surface area contributed by atoms with Crippen LogP contribution in [0.1, 0.15) is 24.5 Å². The smallest absolute Gasteiger partial charge is 0.335 e. The fourth-order valence-corrected chi connectivity index (χ4v) is 1.56. The van der Waals surface area contributed by atoms with Gasteiger partial charge < -0.3 is 13.9 Å². The zero-order chi connectivity index (χ0) is 11.5. The molecule has 2 rings (SSSR count). The zero-order valence-corrected chi connectivity index (χ0v) is 9.17. The largest absolute Gasteiger partial charge is 0.469 e. The lowest BCUT2D eigenvalue weighted by atomic mass is 10.1. The molecule has 0 saturated heterocycles. The lowest BCUT2D eigenvalue weighted by Gasteiger charge is -2.13. The maximum atomic E-state index is 11.6. The second-order valence-corrected chi connectivity index (χ2v) is 3.46. The SMILES string of the molecule is CCOC(=O)C1N=COC1c1ccc(C)o1. The molecular formula is C11H13NO4. The molecule has 16 heavy (non-hydrogen) atoms. The third-order valence-corrected chi connectivity index (χ3v) is 2.29. The van der Waals surface area contributed by atoms with Gasteiger partial charge in [-0.3, -0.25) is 0 Å². The number of ether oxygens (including phenoxy) is 2. The molecule has 2 atom stereocenters. The zero-order valence-electron chi connectivity index (χ0n) is 9.17. The Morgan fingerprint density at radius 3 is 3.00 bits per heavy atom. The van der Waals surface area contributed by atoms with E-state index in [2.05, 4.69) is 4.99 Å². The summed E-state index contributed by atoms with van der Waals surface area (Å²) in [4.78, 5) is 15.5. The number of furan rings is 1. The highest BCUT2D eigenvalue weighted by molar-refractivity contribution is 5.80. The molecule has 1 aliphatic rings. The number of hydrogen-bond acceptors (Lipinski definition) is 5. The van der Waals surface area contributed by atoms with Crippen molar-refractivity contribution in [2.45, 2.75) is 26.0 Å². The molecule has 0 aromatic carbocycles. The van der Waals surface area contributed by atoms with E-state index in [1.165, 1.54) is 6.40 Å². The minimum Gasteiger partial charge on any atom is -0.469 e. The maximum absolute atomic E-state index is 11.6. The summed E-state index contributed by atoms with van der Waals surface area (Å²) in [7, 11) is 0. The van der Waals surface area contributed by atoms with Gasteiger partial charge in [-0.15, -0.1) is 0 Å². The molecule has 0 aliphatic carbocycles. The molecule has 0 fully saturated rings. The van der Waals surface area contributed by atoms with Crippen LogP contribution in [0.25, 0.3) is 0 Å². The van der Waals surface area contributed by atoms with Crippen molar-refractivity contribution in [3.8, 4) is 0 Å². The van der Waals surface area contributed by atoms with Gasteiger partial charge >= 0.3 is 5.97 Å². The summed E-state index contributed by atoms with van der Waals surface area (Å²) in [6.07, 6.45) is 0.761. The summed E-state index contributed by atoms with van der Waals surface area (Å²) in [6.45, 7) is 3.91. The quantitative estimate of drug-likeness (QED) is 0.730. The number of hydrogen-bond donors (Lipinski definition) is 0. The van der Waals surface area contributed by atoms with Crippen molar-refractivity contribution < 1.29 is 18.7 Å². The molecule has 0 bridgehead atoms. The number of rotatable bonds is 3. The van der Waals surface area contributed by atoms with Crippen LogP contribution in [0.2, 0.25) is 0 Å². The van der Waals surface area contributed by atoms with Crippen LogP contribution in [0.3, 0.4) is 0 Å². The summed E-state index contributed by atoms with van der Waals surface area (Å²) in [5.41, 5.74) is 0. The molecule has 0 N–H and O–H groups in total. The van der Waals surface area contributed by atoms with Gasteiger partial charge in [-0.2, -0.15) is 0 Å². The monoisotopic (exact) mass is 223 g/mol. The first-order valence-corrected chi connectivity index (χ1v) is 5.12. The van der Waals surface area contributed by atoms with Gasteiger partial charge in [-0.1, -0.05) is 0 Å². The average Bonchev–Trinajstić information content (AvgIpc) is 2.85. The van der Waals surface area contributed by atoms with Crippen molar-refractivity contribution >= 4 is 12.4 Å². The third-order valence-electron chi connectivity index (χ3n) is 2.29. The van der Waals surface area contributed by atoms with E-state index < -0.39 is 18.1 Å². The van der Waals surface area contributed by atoms with Crippen LogP contribution in [-0.2, 0) is 14.3 Å². The van der Waals surface area contributed by atoms with Crippen LogP contribution in [-0.4, -0.2) is 25.0 Å². The highest BCUT2D eigenvalue weighted by atomic mass is 16.5. The van der Waals surface area contributed by atoms with Gasteiger partial charge in [0.15, 0.2) is 18.5 Å². The van der Waals surface area contributed by atoms with Gasteiger partial charge in [-0.25, -0.2) is 9.79 Å². The van der Waals surface area contributed by atoms with Crippen LogP contribution in [0.15, 0.2) is 21.5 Å². The van der Waals surface area contributed by atoms with E-state index in [0.717, 1.165) is 5.76 Å². The number of esters is 1. The summed E-state index contributed by atoms with van der Waals surface area (Å²) < 4.78 is 15.6. The average molecular weight is 223 g/mol. The summed E-state index contributed by atoms with van der Waals surface area (Å²) in [5, 5.41) is 0. The van der Waals surface area contributed by atoms with Crippen molar-refractivity contribution in [2.75, 3.05) is 6.61 Å². The molecule has 5 nitrogen and oxygen atoms in total. The van der Waals surface area contributed by atoms with Gasteiger partial charge in [-0.05, 0) is 26.0 Å². The fourth-order valence-electron chi connectivity index (χ4n) is 1.56. The molecule has 1 aromatic heterocycles. The fraction of sp³-hybridized carbons (Fsp3) is 0.455. The van der Waals surface area contributed by atoms with Crippen molar-refractivity contribution in [3.05, 3.63) is 23.7 Å². The highest BCUT2D eigenvalue weighted by Gasteiger charge is 2.37. The molecule has 5 heteroatoms. The van der Waals surface area contributed by atoms with Gasteiger partial charge in [0.25, 0.3) is 0 Å². The standard InChI is InChI=1S/C11H13NO4/c1-3-14-11(13)9-10(15-6-12-9)8-5-4-7(2)16-8/h4-6,9-10H,3H2,1-2H3. The van der Waals surface area contributed by atoms with E-state index in [-0.39, 0.29) is 0 Å². The summed E-state index contributed by atoms with van der Waals surface area (Å²) >= 11 is 0. The minimum atomic E-state index is -0.662. The van der Waals surface area contributed by atoms with Gasteiger partial charge in [0.1, 0.15) is 11.5 Å². The lowest BCUT2D eigenvalue weighted by molar-refractivity contribution is -0.146. The number of aliphatic imine (C=N–C) groups is 1. The van der Waals surface area contributed by atoms with Crippen LogP contribution >= 0.6 is 0 Å². The Kier molecular flexibility index (Phi) is 2.94. The highest BCUT2D eigenvalue weighted by Crippen LogP contribution is 2.28. The molecule has 2 unspecified atom stereocenters. The molecule has 0 radical (unpaired) electrons. The Bertz CT molecular complexity index is 410. The van der Waals surface area contributed by atoms with Crippen LogP contribution in [0.5, 0.6) is 0 Å². The normalized spacial score (nSPS) is 23.1. The molecule has 86 valence electrons. The Balaban J connectivity index is 2.13. The Morgan fingerprint density at radius 2 is 2.38 bits per heavy atom. The van der Waals surface area contributed by atoms with Gasteiger partial charge in [0.2, 0.25) is 0 Å². The van der Waals surface area contributed by atoms with E-state index >= 15 is 0 Å². The first-order chi connectivity index (χ1) is 7.72. The predicted octanol–water partition coefficient (Wildman–Crippen LogP) is 1.62. The second kappa shape index (κ2) is 4.38. The number of carbonyl (C=O) groups excluding carboxylic acids is 1. The first kappa shape index (κ1) is 10.7. The van der Waals surface area contributed by atoms with Crippen molar-refractivity contribution in [2.24, 2.45) is 4.99 Å². The summed E-state index contributed by atoms with van der Waals surface area (Å²) in [6, 6.07) is 2.94.